The van der Waals surface area contributed by atoms with Crippen molar-refractivity contribution in [3.05, 3.63) is 45.9 Å². The highest BCUT2D eigenvalue weighted by Crippen LogP contribution is 2.42. The number of quaternary nitrogens is 1. The van der Waals surface area contributed by atoms with Crippen molar-refractivity contribution >= 4 is 51.7 Å². The first-order chi connectivity index (χ1) is 16.7. The number of β-lactam (4-membered cyclic amide) rings is 1. The molecule has 0 spiro atoms. The van der Waals surface area contributed by atoms with Crippen LogP contribution in [0.4, 0.5) is 5.13 Å². The summed E-state index contributed by atoms with van der Waals surface area (Å²) in [6.45, 7) is 1.52. The van der Waals surface area contributed by atoms with E-state index in [9.17, 15) is 19.5 Å². The van der Waals surface area contributed by atoms with Crippen LogP contribution in [0.15, 0.2) is 45.4 Å². The molecule has 0 aromatic carbocycles. The minimum atomic E-state index is -1.17. The minimum absolute atomic E-state index is 0.0215. The van der Waals surface area contributed by atoms with Gasteiger partial charge in [-0.2, -0.15) is 0 Å². The summed E-state index contributed by atoms with van der Waals surface area (Å²) in [6.07, 6.45) is 4.13. The van der Waals surface area contributed by atoms with Gasteiger partial charge in [0.25, 0.3) is 11.8 Å². The van der Waals surface area contributed by atoms with Crippen LogP contribution < -0.4 is 11.1 Å². The number of likely N-dealkylation sites (N-methyl/N-ethyl adjacent to an activating group) is 1. The number of hydrogen-bond donors (Lipinski definition) is 3. The number of fused-ring (bicyclic) bond motifs is 2. The Hall–Kier alpha value is -3.20. The quantitative estimate of drug-likeness (QED) is 0.196. The third kappa shape index (κ3) is 4.11. The molecule has 0 bridgehead atoms. The van der Waals surface area contributed by atoms with Gasteiger partial charge in [-0.25, -0.2) is 9.78 Å². The summed E-state index contributed by atoms with van der Waals surface area (Å²) in [4.78, 5) is 48.2. The fourth-order valence-electron chi connectivity index (χ4n) is 4.66. The van der Waals surface area contributed by atoms with Crippen LogP contribution >= 0.6 is 23.1 Å². The smallest absolute Gasteiger partial charge is 0.352 e. The number of nitrogens with zero attached hydrogens (tertiary/aromatic N) is 4. The monoisotopic (exact) mass is 519 g/mol. The van der Waals surface area contributed by atoms with Crippen molar-refractivity contribution in [1.29, 1.82) is 0 Å². The first kappa shape index (κ1) is 23.5. The van der Waals surface area contributed by atoms with Crippen LogP contribution in [-0.2, 0) is 24.0 Å². The van der Waals surface area contributed by atoms with Crippen LogP contribution in [0.1, 0.15) is 5.69 Å². The first-order valence-corrected chi connectivity index (χ1v) is 12.5. The fraction of sp³-hybridized carbons (Fsp3) is 0.381. The molecule has 0 unspecified atom stereocenters. The number of nitrogen functional groups attached to an aromatic ring is 1. The summed E-state index contributed by atoms with van der Waals surface area (Å²) in [5.74, 6) is -1.91. The van der Waals surface area contributed by atoms with Gasteiger partial charge in [0.05, 0.1) is 20.3 Å². The van der Waals surface area contributed by atoms with Crippen LogP contribution in [0.25, 0.3) is 0 Å². The van der Waals surface area contributed by atoms with Gasteiger partial charge in [0.2, 0.25) is 0 Å². The van der Waals surface area contributed by atoms with Gasteiger partial charge < -0.3 is 25.7 Å². The average Bonchev–Trinajstić information content (AvgIpc) is 3.50. The first-order valence-electron chi connectivity index (χ1n) is 10.6. The van der Waals surface area contributed by atoms with E-state index in [1.54, 1.807) is 5.38 Å². The van der Waals surface area contributed by atoms with Gasteiger partial charge in [0.15, 0.2) is 10.8 Å². The number of carboxylic acids is 1. The Morgan fingerprint density at radius 1 is 1.40 bits per heavy atom. The van der Waals surface area contributed by atoms with Gasteiger partial charge in [-0.1, -0.05) is 5.16 Å². The maximum absolute atomic E-state index is 13.0. The third-order valence-electron chi connectivity index (χ3n) is 6.06. The molecule has 0 radical (unpaired) electrons. The van der Waals surface area contributed by atoms with Crippen molar-refractivity contribution in [2.45, 2.75) is 11.4 Å². The normalized spacial score (nSPS) is 24.9. The van der Waals surface area contributed by atoms with Crippen LogP contribution in [0.3, 0.4) is 0 Å². The number of oxime groups is 1. The van der Waals surface area contributed by atoms with Gasteiger partial charge in [-0.05, 0) is 0 Å². The molecule has 5 rings (SSSR count). The number of carbonyl (C=O) groups is 3. The van der Waals surface area contributed by atoms with E-state index >= 15 is 0 Å². The molecule has 2 fully saturated rings. The molecule has 5 heterocycles. The maximum atomic E-state index is 13.0. The second kappa shape index (κ2) is 8.78. The lowest BCUT2D eigenvalue weighted by Crippen LogP contribution is -2.71. The van der Waals surface area contributed by atoms with Gasteiger partial charge in [-0.3, -0.25) is 19.0 Å². The van der Waals surface area contributed by atoms with Gasteiger partial charge in [0.1, 0.15) is 48.9 Å². The Labute approximate surface area is 208 Å². The number of thiazole rings is 1. The van der Waals surface area contributed by atoms with Gasteiger partial charge >= 0.3 is 5.97 Å². The number of carbonyl (C=O) groups excluding carboxylic acids is 2. The van der Waals surface area contributed by atoms with E-state index in [1.807, 2.05) is 7.05 Å². The van der Waals surface area contributed by atoms with E-state index in [1.165, 1.54) is 23.8 Å². The zero-order valence-corrected chi connectivity index (χ0v) is 20.5. The SMILES string of the molecule is CO/N=C(\C(=O)N[C@@H]1C(=O)N2C(C(=O)O)=C(C[N+]3(C)C=C4COCC4=C3)CS[C@H]12)c1csc(N)n1. The largest absolute Gasteiger partial charge is 0.477 e. The molecule has 1 aromatic rings. The molecular weight excluding hydrogens is 496 g/mol. The van der Waals surface area contributed by atoms with Gasteiger partial charge in [-0.15, -0.1) is 23.1 Å². The molecule has 4 N–H and O–H groups in total. The maximum Gasteiger partial charge on any atom is 0.352 e. The molecule has 0 aliphatic carbocycles. The van der Waals surface area contributed by atoms with Crippen molar-refractivity contribution in [2.75, 3.05) is 45.4 Å². The molecule has 2 saturated heterocycles. The number of carboxylic acid groups (broad SMARTS) is 1. The van der Waals surface area contributed by atoms with Gasteiger partial charge in [0, 0.05) is 27.9 Å². The predicted octanol–water partition coefficient (Wildman–Crippen LogP) is 0.0726. The average molecular weight is 520 g/mol. The van der Waals surface area contributed by atoms with Crippen molar-refractivity contribution in [3.63, 3.8) is 0 Å². The fourth-order valence-corrected chi connectivity index (χ4v) is 6.54. The summed E-state index contributed by atoms with van der Waals surface area (Å²) in [5, 5.41) is 17.6. The summed E-state index contributed by atoms with van der Waals surface area (Å²) in [5.41, 5.74) is 8.62. The molecule has 4 aliphatic heterocycles. The number of nitrogens with two attached hydrogens (primary N) is 1. The van der Waals surface area contributed by atoms with E-state index < -0.39 is 29.2 Å². The second-order valence-electron chi connectivity index (χ2n) is 8.62. The number of rotatable bonds is 7. The van der Waals surface area contributed by atoms with E-state index in [0.29, 0.717) is 35.6 Å². The Morgan fingerprint density at radius 2 is 2.11 bits per heavy atom. The number of aromatic nitrogens is 1. The predicted molar refractivity (Wildman–Crippen MR) is 128 cm³/mol. The summed E-state index contributed by atoms with van der Waals surface area (Å²) in [6, 6.07) is -0.904. The Kier molecular flexibility index (Phi) is 5.91. The summed E-state index contributed by atoms with van der Waals surface area (Å²) >= 11 is 2.55. The molecule has 12 nitrogen and oxygen atoms in total. The number of aliphatic carboxylic acids is 1. The van der Waals surface area contributed by atoms with Crippen molar-refractivity contribution < 1.29 is 33.5 Å². The van der Waals surface area contributed by atoms with Crippen LogP contribution in [0, 0.1) is 0 Å². The highest BCUT2D eigenvalue weighted by atomic mass is 32.2. The lowest BCUT2D eigenvalue weighted by Gasteiger charge is -2.49. The van der Waals surface area contributed by atoms with Crippen LogP contribution in [0.5, 0.6) is 0 Å². The molecule has 1 aromatic heterocycles. The van der Waals surface area contributed by atoms with Crippen molar-refractivity contribution in [2.24, 2.45) is 5.16 Å². The van der Waals surface area contributed by atoms with E-state index in [0.717, 1.165) is 22.5 Å². The number of anilines is 1. The van der Waals surface area contributed by atoms with E-state index in [4.69, 9.17) is 15.3 Å². The Morgan fingerprint density at radius 3 is 2.71 bits per heavy atom. The highest BCUT2D eigenvalue weighted by Gasteiger charge is 2.55. The molecule has 14 heteroatoms. The van der Waals surface area contributed by atoms with Crippen LogP contribution in [-0.4, -0.2) is 94.1 Å². The molecule has 35 heavy (non-hydrogen) atoms. The number of hydrogen-bond acceptors (Lipinski definition) is 10. The lowest BCUT2D eigenvalue weighted by molar-refractivity contribution is -0.799. The topological polar surface area (TPSA) is 156 Å². The molecule has 2 atom stereocenters. The lowest BCUT2D eigenvalue weighted by atomic mass is 10.0. The summed E-state index contributed by atoms with van der Waals surface area (Å²) in [7, 11) is 3.28. The zero-order chi connectivity index (χ0) is 24.9. The highest BCUT2D eigenvalue weighted by molar-refractivity contribution is 8.00. The molecule has 0 saturated carbocycles. The summed E-state index contributed by atoms with van der Waals surface area (Å²) < 4.78 is 5.86. The third-order valence-corrected chi connectivity index (χ3v) is 8.07. The molecule has 2 amide bonds. The zero-order valence-electron chi connectivity index (χ0n) is 18.9. The van der Waals surface area contributed by atoms with Crippen molar-refractivity contribution in [3.8, 4) is 0 Å². The van der Waals surface area contributed by atoms with Crippen LogP contribution in [0.2, 0.25) is 0 Å². The number of nitrogens with one attached hydrogen (secondary N) is 1. The minimum Gasteiger partial charge on any atom is -0.477 e. The molecular formula is C21H23N6O6S2+. The number of amides is 2. The molecule has 4 aliphatic rings. The standard InChI is InChI=1S/C21H22N6O6S2/c1-27(3-10-6-33-7-11(10)4-27)5-12-8-34-19-15(18(29)26(19)16(12)20(30)31)24-17(28)14(25-32-2)13-9-35-21(22)23-13/h3-4,9,15,19H,5-8H2,1-2H3,(H3-,22,23,24,28,30,31)/p+1/b25-14-/t15-,19-/m1/s1. The Balaban J connectivity index is 1.34. The molecule has 184 valence electrons. The van der Waals surface area contributed by atoms with E-state index in [2.05, 4.69) is 27.9 Å². The Bertz CT molecular complexity index is 1230. The van der Waals surface area contributed by atoms with E-state index in [-0.39, 0.29) is 22.2 Å². The second-order valence-corrected chi connectivity index (χ2v) is 10.6. The number of thioether (sulfide) groups is 1. The number of ether oxygens (including phenoxy) is 1. The van der Waals surface area contributed by atoms with Crippen molar-refractivity contribution in [1.82, 2.24) is 15.2 Å².